The molecule has 2 aromatic carbocycles. The molecule has 0 spiro atoms. The first kappa shape index (κ1) is 21.1. The Hall–Kier alpha value is -3.59. The first-order chi connectivity index (χ1) is 14.4. The van der Waals surface area contributed by atoms with Crippen molar-refractivity contribution in [1.29, 1.82) is 5.26 Å². The Morgan fingerprint density at radius 1 is 1.23 bits per heavy atom. The highest BCUT2D eigenvalue weighted by Crippen LogP contribution is 2.28. The Bertz CT molecular complexity index is 1090. The van der Waals surface area contributed by atoms with Gasteiger partial charge in [0, 0.05) is 24.7 Å². The second-order valence-electron chi connectivity index (χ2n) is 6.91. The van der Waals surface area contributed by atoms with E-state index in [9.17, 15) is 13.9 Å². The molecule has 6 nitrogen and oxygen atoms in total. The van der Waals surface area contributed by atoms with Crippen LogP contribution >= 0.6 is 0 Å². The summed E-state index contributed by atoms with van der Waals surface area (Å²) in [6.07, 6.45) is 8.20. The lowest BCUT2D eigenvalue weighted by molar-refractivity contribution is -0.0205. The van der Waals surface area contributed by atoms with E-state index in [4.69, 9.17) is 11.7 Å². The van der Waals surface area contributed by atoms with Gasteiger partial charge in [-0.05, 0) is 23.8 Å². The predicted molar refractivity (Wildman–Crippen MR) is 106 cm³/mol. The van der Waals surface area contributed by atoms with E-state index in [2.05, 4.69) is 22.1 Å². The highest BCUT2D eigenvalue weighted by atomic mass is 19.1. The van der Waals surface area contributed by atoms with Gasteiger partial charge in [0.25, 0.3) is 0 Å². The highest BCUT2D eigenvalue weighted by Gasteiger charge is 2.35. The third-order valence-corrected chi connectivity index (χ3v) is 4.58. The lowest BCUT2D eigenvalue weighted by Gasteiger charge is -2.34. The van der Waals surface area contributed by atoms with Crippen molar-refractivity contribution in [3.05, 3.63) is 83.4 Å². The summed E-state index contributed by atoms with van der Waals surface area (Å²) in [4.78, 5) is 5.60. The van der Waals surface area contributed by atoms with E-state index >= 15 is 0 Å². The lowest BCUT2D eigenvalue weighted by Crippen LogP contribution is -2.44. The first-order valence-electron chi connectivity index (χ1n) is 9.09. The zero-order chi connectivity index (χ0) is 21.6. The van der Waals surface area contributed by atoms with Gasteiger partial charge < -0.3 is 5.11 Å². The molecule has 1 N–H and O–H groups in total. The van der Waals surface area contributed by atoms with Crippen LogP contribution in [0.15, 0.2) is 55.1 Å². The average Bonchev–Trinajstić information content (AvgIpc) is 3.20. The van der Waals surface area contributed by atoms with E-state index < -0.39 is 17.2 Å². The molecule has 0 bridgehead atoms. The van der Waals surface area contributed by atoms with Gasteiger partial charge in [-0.15, -0.1) is 6.42 Å². The molecule has 152 valence electrons. The fourth-order valence-electron chi connectivity index (χ4n) is 3.33. The molecule has 8 heteroatoms. The summed E-state index contributed by atoms with van der Waals surface area (Å²) in [6, 6.07) is 12.1. The third-order valence-electron chi connectivity index (χ3n) is 4.58. The van der Waals surface area contributed by atoms with Gasteiger partial charge in [-0.3, -0.25) is 4.90 Å². The molecule has 0 aliphatic heterocycles. The predicted octanol–water partition coefficient (Wildman–Crippen LogP) is 2.45. The normalized spacial score (nSPS) is 12.9. The van der Waals surface area contributed by atoms with E-state index in [1.807, 2.05) is 6.07 Å². The topological polar surface area (TPSA) is 78.0 Å². The lowest BCUT2D eigenvalue weighted by atomic mass is 9.92. The number of benzene rings is 2. The molecule has 30 heavy (non-hydrogen) atoms. The second kappa shape index (κ2) is 9.27. The maximum atomic E-state index is 14.6. The monoisotopic (exact) mass is 407 g/mol. The molecule has 0 fully saturated rings. The number of rotatable bonds is 8. The molecule has 0 amide bonds. The van der Waals surface area contributed by atoms with Crippen LogP contribution in [0.4, 0.5) is 8.78 Å². The van der Waals surface area contributed by atoms with Crippen LogP contribution < -0.4 is 0 Å². The first-order valence-corrected chi connectivity index (χ1v) is 9.09. The molecule has 3 aromatic rings. The van der Waals surface area contributed by atoms with Gasteiger partial charge in [-0.1, -0.05) is 24.1 Å². The molecule has 0 radical (unpaired) electrons. The van der Waals surface area contributed by atoms with Crippen molar-refractivity contribution < 1.29 is 13.9 Å². The smallest absolute Gasteiger partial charge is 0.137 e. The Labute approximate surface area is 173 Å². The summed E-state index contributed by atoms with van der Waals surface area (Å²) in [5.41, 5.74) is -0.537. The standard InChI is InChI=1S/C22H19F2N5O/c1-2-8-28(12-18-5-3-4-17(9-18)11-25)13-22(30,14-29-16-26-15-27-29)20-7-6-19(23)10-21(20)24/h1,3-7,9-10,15-16,30H,8,12-14H2. The number of nitriles is 1. The molecule has 1 heterocycles. The van der Waals surface area contributed by atoms with Crippen LogP contribution in [0.1, 0.15) is 16.7 Å². The van der Waals surface area contributed by atoms with Crippen LogP contribution in [0.25, 0.3) is 0 Å². The average molecular weight is 407 g/mol. The summed E-state index contributed by atoms with van der Waals surface area (Å²) in [5.74, 6) is 0.922. The second-order valence-corrected chi connectivity index (χ2v) is 6.91. The van der Waals surface area contributed by atoms with Crippen LogP contribution in [-0.2, 0) is 18.7 Å². The van der Waals surface area contributed by atoms with Crippen molar-refractivity contribution in [3.8, 4) is 18.4 Å². The number of aromatic nitrogens is 3. The van der Waals surface area contributed by atoms with Gasteiger partial charge in [0.1, 0.15) is 29.9 Å². The summed E-state index contributed by atoms with van der Waals surface area (Å²) in [5, 5.41) is 24.6. The van der Waals surface area contributed by atoms with Crippen molar-refractivity contribution in [1.82, 2.24) is 19.7 Å². The van der Waals surface area contributed by atoms with Crippen LogP contribution in [-0.4, -0.2) is 37.9 Å². The third kappa shape index (κ3) is 5.06. The SMILES string of the molecule is C#CCN(Cc1cccc(C#N)c1)CC(O)(Cn1cncn1)c1ccc(F)cc1F. The molecular formula is C22H19F2N5O. The number of terminal acetylenes is 1. The van der Waals surface area contributed by atoms with Crippen LogP contribution in [0.2, 0.25) is 0 Å². The maximum Gasteiger partial charge on any atom is 0.137 e. The Morgan fingerprint density at radius 3 is 2.73 bits per heavy atom. The fraction of sp³-hybridized carbons (Fsp3) is 0.227. The molecule has 0 saturated heterocycles. The molecule has 3 rings (SSSR count). The van der Waals surface area contributed by atoms with E-state index in [1.54, 1.807) is 23.1 Å². The molecule has 1 unspecified atom stereocenters. The van der Waals surface area contributed by atoms with Crippen molar-refractivity contribution in [2.45, 2.75) is 18.7 Å². The van der Waals surface area contributed by atoms with E-state index in [0.29, 0.717) is 12.1 Å². The Morgan fingerprint density at radius 2 is 2.07 bits per heavy atom. The highest BCUT2D eigenvalue weighted by molar-refractivity contribution is 5.33. The largest absolute Gasteiger partial charge is 0.382 e. The molecule has 1 atom stereocenters. The van der Waals surface area contributed by atoms with E-state index in [1.165, 1.54) is 23.4 Å². The molecule has 0 aliphatic rings. The minimum atomic E-state index is -1.77. The van der Waals surface area contributed by atoms with Gasteiger partial charge in [0.2, 0.25) is 0 Å². The zero-order valence-corrected chi connectivity index (χ0v) is 16.0. The van der Waals surface area contributed by atoms with Gasteiger partial charge in [0.05, 0.1) is 24.7 Å². The van der Waals surface area contributed by atoms with Crippen molar-refractivity contribution in [3.63, 3.8) is 0 Å². The summed E-state index contributed by atoms with van der Waals surface area (Å²) in [6.45, 7) is 0.312. The molecule has 0 aliphatic carbocycles. The summed E-state index contributed by atoms with van der Waals surface area (Å²) in [7, 11) is 0. The summed E-state index contributed by atoms with van der Waals surface area (Å²) >= 11 is 0. The summed E-state index contributed by atoms with van der Waals surface area (Å²) < 4.78 is 29.4. The minimum absolute atomic E-state index is 0.0591. The van der Waals surface area contributed by atoms with Gasteiger partial charge in [0.15, 0.2) is 0 Å². The van der Waals surface area contributed by atoms with Crippen LogP contribution in [0, 0.1) is 35.3 Å². The fourth-order valence-corrected chi connectivity index (χ4v) is 3.33. The van der Waals surface area contributed by atoms with E-state index in [-0.39, 0.29) is 25.2 Å². The van der Waals surface area contributed by atoms with Gasteiger partial charge >= 0.3 is 0 Å². The van der Waals surface area contributed by atoms with Crippen LogP contribution in [0.5, 0.6) is 0 Å². The van der Waals surface area contributed by atoms with Gasteiger partial charge in [-0.2, -0.15) is 10.4 Å². The Balaban J connectivity index is 1.94. The van der Waals surface area contributed by atoms with Crippen LogP contribution in [0.3, 0.4) is 0 Å². The van der Waals surface area contributed by atoms with E-state index in [0.717, 1.165) is 17.7 Å². The minimum Gasteiger partial charge on any atom is -0.382 e. The van der Waals surface area contributed by atoms with Crippen molar-refractivity contribution >= 4 is 0 Å². The molecular weight excluding hydrogens is 388 g/mol. The zero-order valence-electron chi connectivity index (χ0n) is 16.0. The quantitative estimate of drug-likeness (QED) is 0.581. The number of halogens is 2. The molecule has 0 saturated carbocycles. The van der Waals surface area contributed by atoms with Crippen molar-refractivity contribution in [2.24, 2.45) is 0 Å². The van der Waals surface area contributed by atoms with Crippen molar-refractivity contribution in [2.75, 3.05) is 13.1 Å². The number of hydrogen-bond donors (Lipinski definition) is 1. The Kier molecular flexibility index (Phi) is 6.53. The number of aliphatic hydroxyl groups is 1. The molecule has 1 aromatic heterocycles. The maximum absolute atomic E-state index is 14.6. The number of nitrogens with zero attached hydrogens (tertiary/aromatic N) is 5. The number of hydrogen-bond acceptors (Lipinski definition) is 5. The van der Waals surface area contributed by atoms with Gasteiger partial charge in [-0.25, -0.2) is 18.4 Å².